The van der Waals surface area contributed by atoms with E-state index in [0.717, 1.165) is 24.8 Å². The molecule has 0 bridgehead atoms. The van der Waals surface area contributed by atoms with E-state index in [4.69, 9.17) is 14.9 Å². The van der Waals surface area contributed by atoms with Gasteiger partial charge >= 0.3 is 5.97 Å². The predicted octanol–water partition coefficient (Wildman–Crippen LogP) is 1.73. The smallest absolute Gasteiger partial charge is 0.341 e. The zero-order valence-electron chi connectivity index (χ0n) is 10.8. The Morgan fingerprint density at radius 1 is 1.26 bits per heavy atom. The number of rotatable bonds is 9. The third-order valence-electron chi connectivity index (χ3n) is 2.45. The van der Waals surface area contributed by atoms with E-state index in [2.05, 4.69) is 4.99 Å². The number of aliphatic hydroxyl groups excluding tert-OH is 1. The number of carboxylic acid groups (broad SMARTS) is 1. The molecule has 0 aliphatic heterocycles. The van der Waals surface area contributed by atoms with Crippen molar-refractivity contribution in [3.8, 4) is 5.75 Å². The number of aliphatic imine (C=N–C) groups is 1. The number of para-hydroxylation sites is 1. The maximum absolute atomic E-state index is 10.5. The number of unbranched alkanes of at least 4 members (excludes halogenated alkanes) is 2. The van der Waals surface area contributed by atoms with Crippen LogP contribution in [0, 0.1) is 0 Å². The van der Waals surface area contributed by atoms with Crippen molar-refractivity contribution in [2.24, 2.45) is 4.99 Å². The molecular weight excluding hydrogens is 246 g/mol. The molecule has 5 nitrogen and oxygen atoms in total. The molecule has 1 aromatic rings. The molecule has 0 amide bonds. The largest absolute Gasteiger partial charge is 0.481 e. The fraction of sp³-hybridized carbons (Fsp3) is 0.429. The molecule has 104 valence electrons. The van der Waals surface area contributed by atoms with Gasteiger partial charge in [0.2, 0.25) is 0 Å². The minimum Gasteiger partial charge on any atom is -0.481 e. The van der Waals surface area contributed by atoms with E-state index in [9.17, 15) is 4.79 Å². The lowest BCUT2D eigenvalue weighted by atomic mass is 10.2. The van der Waals surface area contributed by atoms with Gasteiger partial charge in [0, 0.05) is 24.9 Å². The van der Waals surface area contributed by atoms with Gasteiger partial charge in [0.25, 0.3) is 0 Å². The second-order valence-corrected chi connectivity index (χ2v) is 4.04. The van der Waals surface area contributed by atoms with E-state index in [-0.39, 0.29) is 13.2 Å². The Morgan fingerprint density at radius 2 is 2.05 bits per heavy atom. The summed E-state index contributed by atoms with van der Waals surface area (Å²) in [6.45, 7) is 0.546. The Morgan fingerprint density at radius 3 is 2.79 bits per heavy atom. The molecule has 0 unspecified atom stereocenters. The van der Waals surface area contributed by atoms with Crippen LogP contribution in [0.25, 0.3) is 0 Å². The molecule has 0 atom stereocenters. The van der Waals surface area contributed by atoms with Gasteiger partial charge in [-0.15, -0.1) is 0 Å². The highest BCUT2D eigenvalue weighted by Crippen LogP contribution is 2.15. The summed E-state index contributed by atoms with van der Waals surface area (Å²) in [6, 6.07) is 7.18. The quantitative estimate of drug-likeness (QED) is 0.526. The summed E-state index contributed by atoms with van der Waals surface area (Å²) < 4.78 is 5.17. The maximum Gasteiger partial charge on any atom is 0.341 e. The van der Waals surface area contributed by atoms with Crippen LogP contribution >= 0.6 is 0 Å². The molecule has 0 fully saturated rings. The summed E-state index contributed by atoms with van der Waals surface area (Å²) in [6.07, 6.45) is 4.37. The highest BCUT2D eigenvalue weighted by atomic mass is 16.5. The van der Waals surface area contributed by atoms with E-state index in [1.165, 1.54) is 0 Å². The van der Waals surface area contributed by atoms with Crippen LogP contribution in [0.3, 0.4) is 0 Å². The highest BCUT2D eigenvalue weighted by molar-refractivity contribution is 5.83. The van der Waals surface area contributed by atoms with Gasteiger partial charge < -0.3 is 14.9 Å². The topological polar surface area (TPSA) is 79.1 Å². The van der Waals surface area contributed by atoms with Gasteiger partial charge in [0.15, 0.2) is 6.61 Å². The normalized spacial score (nSPS) is 10.8. The van der Waals surface area contributed by atoms with Crippen LogP contribution in [-0.4, -0.2) is 42.2 Å². The van der Waals surface area contributed by atoms with Crippen molar-refractivity contribution in [2.75, 3.05) is 19.8 Å². The SMILES string of the molecule is O=C(O)COc1ccccc1C=NCCCCCO. The molecule has 1 rings (SSSR count). The summed E-state index contributed by atoms with van der Waals surface area (Å²) in [4.78, 5) is 14.7. The average molecular weight is 265 g/mol. The van der Waals surface area contributed by atoms with Gasteiger partial charge in [-0.3, -0.25) is 4.99 Å². The molecule has 0 heterocycles. The maximum atomic E-state index is 10.5. The van der Waals surface area contributed by atoms with Gasteiger partial charge in [-0.05, 0) is 31.4 Å². The number of ether oxygens (including phenoxy) is 1. The van der Waals surface area contributed by atoms with E-state index in [1.54, 1.807) is 18.3 Å². The van der Waals surface area contributed by atoms with Gasteiger partial charge in [-0.1, -0.05) is 12.1 Å². The van der Waals surface area contributed by atoms with Gasteiger partial charge in [-0.2, -0.15) is 0 Å². The second-order valence-electron chi connectivity index (χ2n) is 4.04. The molecule has 0 radical (unpaired) electrons. The molecule has 5 heteroatoms. The Balaban J connectivity index is 2.47. The molecule has 0 saturated heterocycles. The summed E-state index contributed by atoms with van der Waals surface area (Å²) in [5.74, 6) is -0.486. The standard InChI is InChI=1S/C14H19NO4/c16-9-5-1-4-8-15-10-12-6-2-3-7-13(12)19-11-14(17)18/h2-3,6-7,10,16H,1,4-5,8-9,11H2,(H,17,18). The molecule has 0 saturated carbocycles. The third-order valence-corrected chi connectivity index (χ3v) is 2.45. The monoisotopic (exact) mass is 265 g/mol. The van der Waals surface area contributed by atoms with Gasteiger partial charge in [0.05, 0.1) is 0 Å². The molecule has 0 aromatic heterocycles. The van der Waals surface area contributed by atoms with Crippen molar-refractivity contribution < 1.29 is 19.7 Å². The predicted molar refractivity (Wildman–Crippen MR) is 73.0 cm³/mol. The van der Waals surface area contributed by atoms with Gasteiger partial charge in [-0.25, -0.2) is 4.79 Å². The van der Waals surface area contributed by atoms with Crippen molar-refractivity contribution in [3.63, 3.8) is 0 Å². The number of hydrogen-bond donors (Lipinski definition) is 2. The van der Waals surface area contributed by atoms with Crippen LogP contribution in [-0.2, 0) is 4.79 Å². The first kappa shape index (κ1) is 15.2. The lowest BCUT2D eigenvalue weighted by Gasteiger charge is -2.06. The number of aliphatic hydroxyl groups is 1. The Hall–Kier alpha value is -1.88. The van der Waals surface area contributed by atoms with Crippen LogP contribution in [0.2, 0.25) is 0 Å². The van der Waals surface area contributed by atoms with Crippen LogP contribution in [0.4, 0.5) is 0 Å². The van der Waals surface area contributed by atoms with E-state index < -0.39 is 5.97 Å². The number of aliphatic carboxylic acids is 1. The fourth-order valence-corrected chi connectivity index (χ4v) is 1.51. The van der Waals surface area contributed by atoms with Crippen molar-refractivity contribution in [1.29, 1.82) is 0 Å². The number of benzene rings is 1. The van der Waals surface area contributed by atoms with E-state index in [1.807, 2.05) is 12.1 Å². The summed E-state index contributed by atoms with van der Waals surface area (Å²) in [5, 5.41) is 17.2. The van der Waals surface area contributed by atoms with Crippen LogP contribution in [0.1, 0.15) is 24.8 Å². The van der Waals surface area contributed by atoms with Crippen molar-refractivity contribution >= 4 is 12.2 Å². The highest BCUT2D eigenvalue weighted by Gasteiger charge is 2.03. The Labute approximate surface area is 112 Å². The number of carboxylic acids is 1. The first-order valence-corrected chi connectivity index (χ1v) is 6.28. The van der Waals surface area contributed by atoms with Crippen LogP contribution in [0.5, 0.6) is 5.75 Å². The molecule has 0 aliphatic rings. The molecular formula is C14H19NO4. The number of nitrogens with zero attached hydrogens (tertiary/aromatic N) is 1. The summed E-state index contributed by atoms with van der Waals surface area (Å²) in [5.41, 5.74) is 0.769. The minimum atomic E-state index is -1.00. The van der Waals surface area contributed by atoms with E-state index >= 15 is 0 Å². The first-order valence-electron chi connectivity index (χ1n) is 6.28. The Kier molecular flexibility index (Phi) is 7.27. The van der Waals surface area contributed by atoms with Crippen molar-refractivity contribution in [1.82, 2.24) is 0 Å². The van der Waals surface area contributed by atoms with Crippen molar-refractivity contribution in [3.05, 3.63) is 29.8 Å². The first-order chi connectivity index (χ1) is 9.24. The molecule has 0 spiro atoms. The van der Waals surface area contributed by atoms with Crippen molar-refractivity contribution in [2.45, 2.75) is 19.3 Å². The minimum absolute atomic E-state index is 0.218. The van der Waals surface area contributed by atoms with Crippen LogP contribution in [0.15, 0.2) is 29.3 Å². The lowest BCUT2D eigenvalue weighted by molar-refractivity contribution is -0.139. The number of carbonyl (C=O) groups is 1. The molecule has 2 N–H and O–H groups in total. The second kappa shape index (κ2) is 9.10. The molecule has 1 aromatic carbocycles. The summed E-state index contributed by atoms with van der Waals surface area (Å²) in [7, 11) is 0. The third kappa shape index (κ3) is 6.57. The average Bonchev–Trinajstić information content (AvgIpc) is 2.41. The fourth-order valence-electron chi connectivity index (χ4n) is 1.51. The zero-order valence-corrected chi connectivity index (χ0v) is 10.8. The molecule has 0 aliphatic carbocycles. The molecule has 19 heavy (non-hydrogen) atoms. The van der Waals surface area contributed by atoms with Gasteiger partial charge in [0.1, 0.15) is 5.75 Å². The van der Waals surface area contributed by atoms with E-state index in [0.29, 0.717) is 12.3 Å². The van der Waals surface area contributed by atoms with Crippen LogP contribution < -0.4 is 4.74 Å². The number of hydrogen-bond acceptors (Lipinski definition) is 4. The lowest BCUT2D eigenvalue weighted by Crippen LogP contribution is -2.10. The Bertz CT molecular complexity index is 418. The summed E-state index contributed by atoms with van der Waals surface area (Å²) >= 11 is 0. The zero-order chi connectivity index (χ0) is 13.9.